The molecule has 2 aromatic rings. The molecule has 2 aliphatic rings. The van der Waals surface area contributed by atoms with Crippen LogP contribution in [0.25, 0.3) is 0 Å². The van der Waals surface area contributed by atoms with Crippen molar-refractivity contribution in [3.8, 4) is 11.5 Å². The minimum atomic E-state index is 0.00152. The van der Waals surface area contributed by atoms with Crippen LogP contribution < -0.4 is 4.74 Å². The topological polar surface area (TPSA) is 48.9 Å². The zero-order valence-corrected chi connectivity index (χ0v) is 15.0. The van der Waals surface area contributed by atoms with Crippen molar-refractivity contribution in [2.24, 2.45) is 0 Å². The summed E-state index contributed by atoms with van der Waals surface area (Å²) in [6.45, 7) is 5.99. The van der Waals surface area contributed by atoms with Crippen molar-refractivity contribution in [2.45, 2.75) is 6.04 Å². The van der Waals surface area contributed by atoms with Crippen LogP contribution in [-0.4, -0.2) is 77.9 Å². The Bertz CT molecular complexity index is 736. The molecule has 0 saturated carbocycles. The monoisotopic (exact) mass is 352 g/mol. The van der Waals surface area contributed by atoms with E-state index in [4.69, 9.17) is 4.74 Å². The van der Waals surface area contributed by atoms with Gasteiger partial charge in [-0.2, -0.15) is 0 Å². The Hall–Kier alpha value is -2.44. The van der Waals surface area contributed by atoms with Crippen LogP contribution in [0.4, 0.5) is 0 Å². The summed E-state index contributed by atoms with van der Waals surface area (Å²) in [5, 5.41) is 0. The van der Waals surface area contributed by atoms with Crippen LogP contribution in [0.2, 0.25) is 0 Å². The van der Waals surface area contributed by atoms with E-state index in [0.29, 0.717) is 17.5 Å². The molecule has 0 radical (unpaired) electrons. The van der Waals surface area contributed by atoms with Gasteiger partial charge in [0.05, 0.1) is 6.20 Å². The molecule has 2 fully saturated rings. The maximum atomic E-state index is 12.6. The summed E-state index contributed by atoms with van der Waals surface area (Å²) in [5.41, 5.74) is 0.474. The van der Waals surface area contributed by atoms with Gasteiger partial charge in [-0.1, -0.05) is 18.2 Å². The Morgan fingerprint density at radius 3 is 2.38 bits per heavy atom. The van der Waals surface area contributed by atoms with Crippen molar-refractivity contribution in [2.75, 3.05) is 46.3 Å². The molecule has 1 aromatic heterocycles. The molecule has 3 heterocycles. The lowest BCUT2D eigenvalue weighted by Crippen LogP contribution is -2.64. The first-order valence-electron chi connectivity index (χ1n) is 9.10. The highest BCUT2D eigenvalue weighted by Crippen LogP contribution is 2.22. The smallest absolute Gasteiger partial charge is 0.272 e. The molecule has 6 nitrogen and oxygen atoms in total. The lowest BCUT2D eigenvalue weighted by molar-refractivity contribution is 0.0107. The number of benzene rings is 1. The van der Waals surface area contributed by atoms with Gasteiger partial charge in [-0.05, 0) is 31.3 Å². The minimum absolute atomic E-state index is 0.00152. The van der Waals surface area contributed by atoms with E-state index in [1.165, 1.54) is 0 Å². The molecule has 6 heteroatoms. The van der Waals surface area contributed by atoms with E-state index in [0.717, 1.165) is 45.0 Å². The van der Waals surface area contributed by atoms with E-state index in [1.54, 1.807) is 18.3 Å². The molecular weight excluding hydrogens is 328 g/mol. The van der Waals surface area contributed by atoms with E-state index >= 15 is 0 Å². The second-order valence-corrected chi connectivity index (χ2v) is 7.00. The van der Waals surface area contributed by atoms with E-state index < -0.39 is 0 Å². The standard InChI is InChI=1S/C20H24N4O2/c1-22-9-11-23(12-10-22)16-14-24(15-16)20(25)19-8-7-18(13-21-19)26-17-5-3-2-4-6-17/h2-8,13,16H,9-12,14-15H2,1H3. The van der Waals surface area contributed by atoms with Gasteiger partial charge in [-0.25, -0.2) is 4.98 Å². The molecule has 2 aliphatic heterocycles. The molecule has 0 aliphatic carbocycles. The van der Waals surface area contributed by atoms with Crippen molar-refractivity contribution in [1.29, 1.82) is 0 Å². The fraction of sp³-hybridized carbons (Fsp3) is 0.400. The zero-order chi connectivity index (χ0) is 17.9. The Kier molecular flexibility index (Phi) is 4.86. The normalized spacial score (nSPS) is 19.2. The predicted molar refractivity (Wildman–Crippen MR) is 99.5 cm³/mol. The van der Waals surface area contributed by atoms with Gasteiger partial charge in [-0.3, -0.25) is 9.69 Å². The first-order chi connectivity index (χ1) is 12.7. The van der Waals surface area contributed by atoms with Crippen molar-refractivity contribution < 1.29 is 9.53 Å². The molecule has 0 spiro atoms. The van der Waals surface area contributed by atoms with Gasteiger partial charge in [0.1, 0.15) is 17.2 Å². The van der Waals surface area contributed by atoms with Crippen molar-refractivity contribution in [3.63, 3.8) is 0 Å². The number of likely N-dealkylation sites (tertiary alicyclic amines) is 1. The van der Waals surface area contributed by atoms with Crippen LogP contribution in [0.3, 0.4) is 0 Å². The number of aromatic nitrogens is 1. The van der Waals surface area contributed by atoms with Crippen molar-refractivity contribution >= 4 is 5.91 Å². The van der Waals surface area contributed by atoms with Gasteiger partial charge >= 0.3 is 0 Å². The number of hydrogen-bond acceptors (Lipinski definition) is 5. The Labute approximate surface area is 154 Å². The third kappa shape index (κ3) is 3.71. The zero-order valence-electron chi connectivity index (χ0n) is 15.0. The molecule has 136 valence electrons. The van der Waals surface area contributed by atoms with E-state index in [2.05, 4.69) is 21.8 Å². The van der Waals surface area contributed by atoms with Gasteiger partial charge in [0.2, 0.25) is 0 Å². The highest BCUT2D eigenvalue weighted by Gasteiger charge is 2.36. The number of likely N-dealkylation sites (N-methyl/N-ethyl adjacent to an activating group) is 1. The molecule has 0 atom stereocenters. The molecule has 0 bridgehead atoms. The van der Waals surface area contributed by atoms with E-state index in [9.17, 15) is 4.79 Å². The number of piperazine rings is 1. The van der Waals surface area contributed by atoms with Crippen LogP contribution in [0.1, 0.15) is 10.5 Å². The van der Waals surface area contributed by atoms with Crippen LogP contribution in [0.5, 0.6) is 11.5 Å². The number of carbonyl (C=O) groups is 1. The number of para-hydroxylation sites is 1. The summed E-state index contributed by atoms with van der Waals surface area (Å²) < 4.78 is 5.72. The van der Waals surface area contributed by atoms with Crippen LogP contribution in [-0.2, 0) is 0 Å². The van der Waals surface area contributed by atoms with Crippen molar-refractivity contribution in [3.05, 3.63) is 54.4 Å². The van der Waals surface area contributed by atoms with Gasteiger partial charge in [0, 0.05) is 45.3 Å². The second-order valence-electron chi connectivity index (χ2n) is 7.00. The third-order valence-electron chi connectivity index (χ3n) is 5.14. The van der Waals surface area contributed by atoms with Gasteiger partial charge < -0.3 is 14.5 Å². The van der Waals surface area contributed by atoms with Gasteiger partial charge in [0.15, 0.2) is 0 Å². The minimum Gasteiger partial charge on any atom is -0.456 e. The molecule has 0 unspecified atom stereocenters. The predicted octanol–water partition coefficient (Wildman–Crippen LogP) is 1.95. The van der Waals surface area contributed by atoms with Crippen LogP contribution in [0, 0.1) is 0 Å². The highest BCUT2D eigenvalue weighted by atomic mass is 16.5. The maximum absolute atomic E-state index is 12.6. The molecule has 1 amide bonds. The molecule has 1 aromatic carbocycles. The average Bonchev–Trinajstić information content (AvgIpc) is 2.63. The summed E-state index contributed by atoms with van der Waals surface area (Å²) in [5.74, 6) is 1.39. The van der Waals surface area contributed by atoms with Crippen LogP contribution >= 0.6 is 0 Å². The quantitative estimate of drug-likeness (QED) is 0.842. The number of nitrogens with zero attached hydrogens (tertiary/aromatic N) is 4. The van der Waals surface area contributed by atoms with E-state index in [-0.39, 0.29) is 5.91 Å². The number of carbonyl (C=O) groups excluding carboxylic acids is 1. The average molecular weight is 352 g/mol. The molecule has 4 rings (SSSR count). The SMILES string of the molecule is CN1CCN(C2CN(C(=O)c3ccc(Oc4ccccc4)cn3)C2)CC1. The fourth-order valence-electron chi connectivity index (χ4n) is 3.39. The largest absolute Gasteiger partial charge is 0.456 e. The van der Waals surface area contributed by atoms with Crippen molar-refractivity contribution in [1.82, 2.24) is 19.7 Å². The Morgan fingerprint density at radius 1 is 1.00 bits per heavy atom. The molecule has 2 saturated heterocycles. The summed E-state index contributed by atoms with van der Waals surface area (Å²) >= 11 is 0. The Balaban J connectivity index is 1.30. The summed E-state index contributed by atoms with van der Waals surface area (Å²) in [7, 11) is 2.16. The molecule has 0 N–H and O–H groups in total. The maximum Gasteiger partial charge on any atom is 0.272 e. The number of amides is 1. The summed E-state index contributed by atoms with van der Waals surface area (Å²) in [6, 6.07) is 13.6. The first-order valence-corrected chi connectivity index (χ1v) is 9.10. The summed E-state index contributed by atoms with van der Waals surface area (Å²) in [4.78, 5) is 23.6. The summed E-state index contributed by atoms with van der Waals surface area (Å²) in [6.07, 6.45) is 1.61. The number of rotatable bonds is 4. The highest BCUT2D eigenvalue weighted by molar-refractivity contribution is 5.93. The van der Waals surface area contributed by atoms with Crippen LogP contribution in [0.15, 0.2) is 48.7 Å². The molecule has 26 heavy (non-hydrogen) atoms. The lowest BCUT2D eigenvalue weighted by atomic mass is 10.1. The Morgan fingerprint density at radius 2 is 1.73 bits per heavy atom. The third-order valence-corrected chi connectivity index (χ3v) is 5.14. The number of pyridine rings is 1. The number of ether oxygens (including phenoxy) is 1. The van der Waals surface area contributed by atoms with E-state index in [1.807, 2.05) is 35.2 Å². The molecular formula is C20H24N4O2. The fourth-order valence-corrected chi connectivity index (χ4v) is 3.39. The number of hydrogen-bond donors (Lipinski definition) is 0. The van der Waals surface area contributed by atoms with Gasteiger partial charge in [-0.15, -0.1) is 0 Å². The van der Waals surface area contributed by atoms with Gasteiger partial charge in [0.25, 0.3) is 5.91 Å². The second kappa shape index (κ2) is 7.43. The lowest BCUT2D eigenvalue weighted by Gasteiger charge is -2.47. The first kappa shape index (κ1) is 17.0.